The van der Waals surface area contributed by atoms with Crippen LogP contribution in [-0.4, -0.2) is 20.0 Å². The Morgan fingerprint density at radius 2 is 0.771 bits per heavy atom. The van der Waals surface area contributed by atoms with Crippen molar-refractivity contribution in [3.8, 4) is 11.5 Å². The molecule has 7 aliphatic heterocycles. The van der Waals surface area contributed by atoms with E-state index in [9.17, 15) is 0 Å². The van der Waals surface area contributed by atoms with E-state index in [1.54, 1.807) is 0 Å². The lowest BCUT2D eigenvalue weighted by Crippen LogP contribution is -2.65. The Morgan fingerprint density at radius 1 is 0.337 bits per heavy atom. The molecule has 8 heteroatoms. The number of fused-ring (bicyclic) bond motifs is 13. The summed E-state index contributed by atoms with van der Waals surface area (Å²) in [7, 11) is 0. The first-order chi connectivity index (χ1) is 40.7. The summed E-state index contributed by atoms with van der Waals surface area (Å²) in [5, 5.41) is 0. The van der Waals surface area contributed by atoms with E-state index >= 15 is 0 Å². The normalized spacial score (nSPS) is 16.2. The lowest BCUT2D eigenvalue weighted by Gasteiger charge is -2.49. The fourth-order valence-corrected chi connectivity index (χ4v) is 16.2. The SMILES string of the molecule is CC1(C)c2ccccc2N(c2cc3c4c(c2)N2CCCc5c2c(cc2c5N(c5ccccc5)c5cc(N6c7ccccc7C(C)(C)c7ccccc76)cc6c5B2c2ccccc2N6c2ccccc2)B4c2ccccc2O3)c2ccccc21. The maximum atomic E-state index is 7.28. The highest BCUT2D eigenvalue weighted by atomic mass is 16.5. The highest BCUT2D eigenvalue weighted by Gasteiger charge is 2.51. The second-order valence-electron chi connectivity index (χ2n) is 24.7. The van der Waals surface area contributed by atoms with Crippen LogP contribution in [0.3, 0.4) is 0 Å². The topological polar surface area (TPSA) is 25.4 Å². The van der Waals surface area contributed by atoms with Crippen molar-refractivity contribution in [1.29, 1.82) is 0 Å². The van der Waals surface area contributed by atoms with Gasteiger partial charge in [0, 0.05) is 68.9 Å². The van der Waals surface area contributed by atoms with Crippen molar-refractivity contribution in [2.24, 2.45) is 0 Å². The largest absolute Gasteiger partial charge is 0.458 e. The zero-order valence-electron chi connectivity index (χ0n) is 46.9. The van der Waals surface area contributed by atoms with E-state index < -0.39 is 0 Å². The number of anilines is 14. The molecule has 11 aromatic carbocycles. The number of rotatable bonds is 4. The van der Waals surface area contributed by atoms with Gasteiger partial charge in [-0.1, -0.05) is 179 Å². The van der Waals surface area contributed by atoms with Crippen LogP contribution in [-0.2, 0) is 17.3 Å². The van der Waals surface area contributed by atoms with Gasteiger partial charge in [0.25, 0.3) is 13.4 Å². The lowest BCUT2D eigenvalue weighted by molar-refractivity contribution is 0.487. The molecule has 0 N–H and O–H groups in total. The molecule has 0 aliphatic carbocycles. The maximum Gasteiger partial charge on any atom is 0.256 e. The smallest absolute Gasteiger partial charge is 0.256 e. The molecule has 18 rings (SSSR count). The van der Waals surface area contributed by atoms with Crippen LogP contribution in [0.1, 0.15) is 61.9 Å². The van der Waals surface area contributed by atoms with Gasteiger partial charge in [0.2, 0.25) is 0 Å². The number of ether oxygens (including phenoxy) is 1. The van der Waals surface area contributed by atoms with Crippen LogP contribution in [0.5, 0.6) is 11.5 Å². The zero-order chi connectivity index (χ0) is 55.0. The van der Waals surface area contributed by atoms with Crippen LogP contribution in [0.2, 0.25) is 0 Å². The van der Waals surface area contributed by atoms with E-state index in [1.165, 1.54) is 117 Å². The van der Waals surface area contributed by atoms with Crippen LogP contribution < -0.4 is 62.0 Å². The molecule has 7 heterocycles. The Morgan fingerprint density at radius 3 is 1.36 bits per heavy atom. The fraction of sp³-hybridized carbons (Fsp3) is 0.120. The van der Waals surface area contributed by atoms with Crippen molar-refractivity contribution >= 4 is 126 Å². The molecule has 83 heavy (non-hydrogen) atoms. The van der Waals surface area contributed by atoms with Crippen molar-refractivity contribution in [2.75, 3.05) is 31.0 Å². The van der Waals surface area contributed by atoms with Crippen molar-refractivity contribution in [2.45, 2.75) is 51.4 Å². The summed E-state index contributed by atoms with van der Waals surface area (Å²) >= 11 is 0. The Kier molecular flexibility index (Phi) is 9.61. The average molecular weight is 1070 g/mol. The van der Waals surface area contributed by atoms with Crippen LogP contribution in [0.4, 0.5) is 79.6 Å². The fourth-order valence-electron chi connectivity index (χ4n) is 16.2. The number of benzene rings is 11. The Labute approximate surface area is 486 Å². The van der Waals surface area contributed by atoms with Gasteiger partial charge in [0.05, 0.1) is 34.1 Å². The van der Waals surface area contributed by atoms with Gasteiger partial charge in [-0.3, -0.25) is 0 Å². The molecule has 0 saturated carbocycles. The van der Waals surface area contributed by atoms with Gasteiger partial charge in [-0.2, -0.15) is 0 Å². The van der Waals surface area contributed by atoms with E-state index in [2.05, 4.69) is 289 Å². The summed E-state index contributed by atoms with van der Waals surface area (Å²) in [5.41, 5.74) is 30.8. The van der Waals surface area contributed by atoms with Crippen LogP contribution >= 0.6 is 0 Å². The minimum absolute atomic E-state index is 0.0659. The summed E-state index contributed by atoms with van der Waals surface area (Å²) < 4.78 is 7.28. The third-order valence-corrected chi connectivity index (χ3v) is 19.7. The monoisotopic (exact) mass is 1070 g/mol. The molecule has 7 aliphatic rings. The summed E-state index contributed by atoms with van der Waals surface area (Å²) in [6, 6.07) is 89.1. The molecular weight excluding hydrogens is 1010 g/mol. The molecule has 0 fully saturated rings. The van der Waals surface area contributed by atoms with Crippen molar-refractivity contribution in [3.63, 3.8) is 0 Å². The maximum absolute atomic E-state index is 7.28. The molecular formula is C75H57B2N5O. The molecule has 0 saturated heterocycles. The Balaban J connectivity index is 0.932. The molecule has 0 atom stereocenters. The second kappa shape index (κ2) is 17.0. The predicted octanol–water partition coefficient (Wildman–Crippen LogP) is 15.0. The van der Waals surface area contributed by atoms with Gasteiger partial charge in [-0.15, -0.1) is 0 Å². The average Bonchev–Trinajstić information content (AvgIpc) is 0.812. The van der Waals surface area contributed by atoms with E-state index in [1.807, 2.05) is 0 Å². The van der Waals surface area contributed by atoms with Gasteiger partial charge < -0.3 is 29.2 Å². The molecule has 0 bridgehead atoms. The van der Waals surface area contributed by atoms with Crippen LogP contribution in [0.15, 0.2) is 237 Å². The van der Waals surface area contributed by atoms with E-state index in [0.29, 0.717) is 0 Å². The summed E-state index contributed by atoms with van der Waals surface area (Å²) in [6.07, 6.45) is 1.93. The van der Waals surface area contributed by atoms with Gasteiger partial charge in [-0.25, -0.2) is 0 Å². The summed E-state index contributed by atoms with van der Waals surface area (Å²) in [5.74, 6) is 1.84. The van der Waals surface area contributed by atoms with Crippen molar-refractivity contribution < 1.29 is 4.74 Å². The van der Waals surface area contributed by atoms with Gasteiger partial charge in [-0.05, 0) is 152 Å². The molecule has 0 spiro atoms. The molecule has 0 unspecified atom stereocenters. The van der Waals surface area contributed by atoms with Crippen LogP contribution in [0.25, 0.3) is 0 Å². The highest BCUT2D eigenvalue weighted by Crippen LogP contribution is 2.57. The molecule has 6 nitrogen and oxygen atoms in total. The second-order valence-corrected chi connectivity index (χ2v) is 24.7. The minimum atomic E-state index is -0.209. The zero-order valence-corrected chi connectivity index (χ0v) is 46.9. The van der Waals surface area contributed by atoms with E-state index in [-0.39, 0.29) is 24.3 Å². The minimum Gasteiger partial charge on any atom is -0.458 e. The number of hydrogen-bond donors (Lipinski definition) is 0. The molecule has 0 aromatic heterocycles. The molecule has 0 radical (unpaired) electrons. The standard InChI is InChI=1S/C75H57B2N5O/c1-74(2)52-29-11-17-35-60(52)80(61-36-18-12-30-53(61)74)49-43-66-70-67(44-49)82(48-26-9-6-10-27-48)73-51-28-23-41-78-65-42-50(81-62-37-19-13-31-54(62)75(3,4)55-32-14-20-38-63(55)81)45-69-71(65)77(57-34-16-22-40-68(57)83-69)58(72(51)78)46-59(73)76(70)56-33-15-21-39-64(56)79(66)47-24-7-5-8-25-47/h5-22,24-27,29-40,42-46H,23,28,41H2,1-4H3. The first kappa shape index (κ1) is 47.0. The first-order valence-electron chi connectivity index (χ1n) is 29.6. The van der Waals surface area contributed by atoms with Gasteiger partial charge in [0.15, 0.2) is 0 Å². The highest BCUT2D eigenvalue weighted by molar-refractivity contribution is 7.02. The molecule has 394 valence electrons. The molecule has 0 amide bonds. The van der Waals surface area contributed by atoms with Crippen molar-refractivity contribution in [1.82, 2.24) is 0 Å². The predicted molar refractivity (Wildman–Crippen MR) is 347 cm³/mol. The molecule has 11 aromatic rings. The van der Waals surface area contributed by atoms with Crippen molar-refractivity contribution in [3.05, 3.63) is 264 Å². The Hall–Kier alpha value is -9.65. The van der Waals surface area contributed by atoms with Gasteiger partial charge in [0.1, 0.15) is 11.5 Å². The summed E-state index contributed by atoms with van der Waals surface area (Å²) in [6.45, 7) is 10.2. The third kappa shape index (κ3) is 6.30. The number of para-hydroxylation sites is 8. The van der Waals surface area contributed by atoms with Gasteiger partial charge >= 0.3 is 0 Å². The third-order valence-electron chi connectivity index (χ3n) is 19.7. The first-order valence-corrected chi connectivity index (χ1v) is 29.6. The quantitative estimate of drug-likeness (QED) is 0.163. The Bertz CT molecular complexity index is 4500. The van der Waals surface area contributed by atoms with E-state index in [0.717, 1.165) is 53.6 Å². The summed E-state index contributed by atoms with van der Waals surface area (Å²) in [4.78, 5) is 13.0. The number of nitrogens with zero attached hydrogens (tertiary/aromatic N) is 5. The van der Waals surface area contributed by atoms with Crippen LogP contribution in [0, 0.1) is 0 Å². The van der Waals surface area contributed by atoms with E-state index in [4.69, 9.17) is 4.74 Å². The number of hydrogen-bond acceptors (Lipinski definition) is 6. The lowest BCUT2D eigenvalue weighted by atomic mass is 9.30.